The first-order chi connectivity index (χ1) is 14.4. The second-order valence-electron chi connectivity index (χ2n) is 6.72. The Balaban J connectivity index is 1.95. The SMILES string of the molecule is Cc1ccc(S(=O)(=O)c2ncn(-c3ccccc3)c2-c2ccc([N+](=O)[O-])cc2)cc1. The molecule has 7 nitrogen and oxygen atoms in total. The predicted octanol–water partition coefficient (Wildman–Crippen LogP) is 4.59. The Morgan fingerprint density at radius 3 is 2.13 bits per heavy atom. The Kier molecular flexibility index (Phi) is 4.93. The lowest BCUT2D eigenvalue weighted by Gasteiger charge is -2.11. The number of nitro groups is 1. The highest BCUT2D eigenvalue weighted by Crippen LogP contribution is 2.33. The molecule has 0 aliphatic heterocycles. The Labute approximate surface area is 173 Å². The lowest BCUT2D eigenvalue weighted by Crippen LogP contribution is -2.06. The van der Waals surface area contributed by atoms with Crippen LogP contribution in [-0.4, -0.2) is 22.9 Å². The molecule has 0 saturated carbocycles. The van der Waals surface area contributed by atoms with Gasteiger partial charge in [-0.3, -0.25) is 14.7 Å². The summed E-state index contributed by atoms with van der Waals surface area (Å²) >= 11 is 0. The monoisotopic (exact) mass is 419 g/mol. The fourth-order valence-electron chi connectivity index (χ4n) is 3.15. The number of imidazole rings is 1. The molecule has 0 saturated heterocycles. The first-order valence-corrected chi connectivity index (χ1v) is 10.6. The van der Waals surface area contributed by atoms with E-state index in [1.165, 1.54) is 30.6 Å². The maximum Gasteiger partial charge on any atom is 0.269 e. The van der Waals surface area contributed by atoms with Gasteiger partial charge < -0.3 is 0 Å². The molecule has 8 heteroatoms. The van der Waals surface area contributed by atoms with Crippen LogP contribution in [0.3, 0.4) is 0 Å². The third-order valence-corrected chi connectivity index (χ3v) is 6.41. The molecule has 0 amide bonds. The number of hydrogen-bond donors (Lipinski definition) is 0. The molecule has 0 fully saturated rings. The van der Waals surface area contributed by atoms with E-state index in [0.717, 1.165) is 11.3 Å². The van der Waals surface area contributed by atoms with Gasteiger partial charge in [-0.1, -0.05) is 35.9 Å². The minimum atomic E-state index is -3.91. The van der Waals surface area contributed by atoms with Crippen molar-refractivity contribution in [2.75, 3.05) is 0 Å². The number of nitro benzene ring substituents is 1. The second kappa shape index (κ2) is 7.57. The number of aromatic nitrogens is 2. The summed E-state index contributed by atoms with van der Waals surface area (Å²) in [6, 6.07) is 21.5. The van der Waals surface area contributed by atoms with Crippen molar-refractivity contribution in [1.29, 1.82) is 0 Å². The lowest BCUT2D eigenvalue weighted by atomic mass is 10.1. The van der Waals surface area contributed by atoms with E-state index >= 15 is 0 Å². The van der Waals surface area contributed by atoms with Crippen molar-refractivity contribution in [2.45, 2.75) is 16.8 Å². The maximum atomic E-state index is 13.4. The average molecular weight is 419 g/mol. The highest BCUT2D eigenvalue weighted by Gasteiger charge is 2.27. The zero-order chi connectivity index (χ0) is 21.3. The van der Waals surface area contributed by atoms with Gasteiger partial charge in [0.15, 0.2) is 5.03 Å². The van der Waals surface area contributed by atoms with Crippen molar-refractivity contribution in [3.63, 3.8) is 0 Å². The average Bonchev–Trinajstić information content (AvgIpc) is 3.21. The minimum absolute atomic E-state index is 0.0764. The molecule has 150 valence electrons. The molecular weight excluding hydrogens is 402 g/mol. The molecule has 0 bridgehead atoms. The van der Waals surface area contributed by atoms with Crippen molar-refractivity contribution in [3.8, 4) is 16.9 Å². The maximum absolute atomic E-state index is 13.4. The van der Waals surface area contributed by atoms with Crippen molar-refractivity contribution in [1.82, 2.24) is 9.55 Å². The van der Waals surface area contributed by atoms with E-state index in [0.29, 0.717) is 11.3 Å². The first kappa shape index (κ1) is 19.5. The van der Waals surface area contributed by atoms with E-state index in [1.807, 2.05) is 37.3 Å². The number of hydrogen-bond acceptors (Lipinski definition) is 5. The molecule has 0 aliphatic rings. The van der Waals surface area contributed by atoms with E-state index in [4.69, 9.17) is 0 Å². The Hall–Kier alpha value is -3.78. The van der Waals surface area contributed by atoms with Gasteiger partial charge in [-0.25, -0.2) is 13.4 Å². The number of non-ortho nitro benzene ring substituents is 1. The molecule has 0 atom stereocenters. The van der Waals surface area contributed by atoms with E-state index in [9.17, 15) is 18.5 Å². The minimum Gasteiger partial charge on any atom is -0.298 e. The van der Waals surface area contributed by atoms with E-state index in [1.54, 1.807) is 28.8 Å². The van der Waals surface area contributed by atoms with Crippen molar-refractivity contribution in [3.05, 3.63) is 101 Å². The van der Waals surface area contributed by atoms with Crippen molar-refractivity contribution in [2.24, 2.45) is 0 Å². The Morgan fingerprint density at radius 2 is 1.53 bits per heavy atom. The summed E-state index contributed by atoms with van der Waals surface area (Å²) in [6.07, 6.45) is 1.45. The zero-order valence-corrected chi connectivity index (χ0v) is 16.8. The van der Waals surface area contributed by atoms with Gasteiger partial charge >= 0.3 is 0 Å². The van der Waals surface area contributed by atoms with Gasteiger partial charge in [0.25, 0.3) is 5.69 Å². The topological polar surface area (TPSA) is 95.1 Å². The third kappa shape index (κ3) is 3.48. The summed E-state index contributed by atoms with van der Waals surface area (Å²) in [5, 5.41) is 10.9. The molecule has 0 unspecified atom stereocenters. The number of sulfone groups is 1. The van der Waals surface area contributed by atoms with Crippen LogP contribution in [0.15, 0.2) is 95.1 Å². The van der Waals surface area contributed by atoms with Crippen LogP contribution in [0.1, 0.15) is 5.56 Å². The van der Waals surface area contributed by atoms with Gasteiger partial charge in [0.1, 0.15) is 6.33 Å². The Morgan fingerprint density at radius 1 is 0.900 bits per heavy atom. The summed E-state index contributed by atoms with van der Waals surface area (Å²) < 4.78 is 28.4. The number of nitrogens with zero attached hydrogens (tertiary/aromatic N) is 3. The van der Waals surface area contributed by atoms with Gasteiger partial charge in [-0.15, -0.1) is 0 Å². The van der Waals surface area contributed by atoms with Crippen molar-refractivity contribution >= 4 is 15.5 Å². The van der Waals surface area contributed by atoms with Crippen LogP contribution < -0.4 is 0 Å². The van der Waals surface area contributed by atoms with Crippen LogP contribution in [0.2, 0.25) is 0 Å². The Bertz CT molecular complexity index is 1310. The first-order valence-electron chi connectivity index (χ1n) is 9.07. The molecule has 0 radical (unpaired) electrons. The highest BCUT2D eigenvalue weighted by atomic mass is 32.2. The van der Waals surface area contributed by atoms with Crippen LogP contribution >= 0.6 is 0 Å². The number of rotatable bonds is 5. The molecule has 1 heterocycles. The largest absolute Gasteiger partial charge is 0.298 e. The molecule has 4 rings (SSSR count). The normalized spacial score (nSPS) is 11.4. The summed E-state index contributed by atoms with van der Waals surface area (Å²) in [5.41, 5.74) is 2.44. The molecule has 0 aliphatic carbocycles. The number of benzene rings is 3. The quantitative estimate of drug-likeness (QED) is 0.348. The second-order valence-corrected chi connectivity index (χ2v) is 8.59. The standard InChI is InChI=1S/C22H17N3O4S/c1-16-7-13-20(14-8-16)30(28,29)22-21(17-9-11-19(12-10-17)25(26)27)24(15-23-22)18-5-3-2-4-6-18/h2-15H,1H3. The van der Waals surface area contributed by atoms with Crippen LogP contribution in [0, 0.1) is 17.0 Å². The summed E-state index contributed by atoms with van der Waals surface area (Å²) in [4.78, 5) is 14.9. The molecule has 3 aromatic carbocycles. The van der Waals surface area contributed by atoms with Crippen molar-refractivity contribution < 1.29 is 13.3 Å². The highest BCUT2D eigenvalue weighted by molar-refractivity contribution is 7.91. The van der Waals surface area contributed by atoms with E-state index in [2.05, 4.69) is 4.98 Å². The molecule has 0 N–H and O–H groups in total. The predicted molar refractivity (Wildman–Crippen MR) is 112 cm³/mol. The third-order valence-electron chi connectivity index (χ3n) is 4.71. The molecule has 30 heavy (non-hydrogen) atoms. The van der Waals surface area contributed by atoms with Gasteiger partial charge in [0, 0.05) is 23.4 Å². The molecule has 0 spiro atoms. The summed E-state index contributed by atoms with van der Waals surface area (Å²) in [5.74, 6) is 0. The molecule has 1 aromatic heterocycles. The van der Waals surface area contributed by atoms with Gasteiger partial charge in [0.05, 0.1) is 15.5 Å². The molecule has 4 aromatic rings. The fraction of sp³-hybridized carbons (Fsp3) is 0.0455. The number of aryl methyl sites for hydroxylation is 1. The van der Waals surface area contributed by atoms with Crippen LogP contribution in [0.5, 0.6) is 0 Å². The number of para-hydroxylation sites is 1. The van der Waals surface area contributed by atoms with Crippen LogP contribution in [0.4, 0.5) is 5.69 Å². The van der Waals surface area contributed by atoms with Gasteiger partial charge in [-0.2, -0.15) is 0 Å². The zero-order valence-electron chi connectivity index (χ0n) is 16.0. The fourth-order valence-corrected chi connectivity index (χ4v) is 4.52. The van der Waals surface area contributed by atoms with Crippen LogP contribution in [-0.2, 0) is 9.84 Å². The lowest BCUT2D eigenvalue weighted by molar-refractivity contribution is -0.384. The van der Waals surface area contributed by atoms with E-state index < -0.39 is 14.8 Å². The summed E-state index contributed by atoms with van der Waals surface area (Å²) in [6.45, 7) is 1.88. The smallest absolute Gasteiger partial charge is 0.269 e. The van der Waals surface area contributed by atoms with Crippen LogP contribution in [0.25, 0.3) is 16.9 Å². The summed E-state index contributed by atoms with van der Waals surface area (Å²) in [7, 11) is -3.91. The van der Waals surface area contributed by atoms with Gasteiger partial charge in [-0.05, 0) is 43.3 Å². The van der Waals surface area contributed by atoms with Gasteiger partial charge in [0.2, 0.25) is 9.84 Å². The van der Waals surface area contributed by atoms with E-state index in [-0.39, 0.29) is 15.6 Å². The molecular formula is C22H17N3O4S.